The molecule has 0 saturated carbocycles. The van der Waals surface area contributed by atoms with Crippen molar-refractivity contribution in [1.82, 2.24) is 5.32 Å². The molecular formula is C16H11F6N3O4S. The number of amidine groups is 1. The fourth-order valence-electron chi connectivity index (χ4n) is 2.11. The van der Waals surface area contributed by atoms with Crippen LogP contribution in [0.3, 0.4) is 0 Å². The van der Waals surface area contributed by atoms with Gasteiger partial charge in [-0.05, 0) is 23.9 Å². The molecule has 0 bridgehead atoms. The van der Waals surface area contributed by atoms with E-state index in [2.05, 4.69) is 25.0 Å². The molecule has 1 aromatic rings. The fraction of sp³-hybridized carbons (Fsp3) is 0.250. The van der Waals surface area contributed by atoms with E-state index in [1.165, 1.54) is 0 Å². The van der Waals surface area contributed by atoms with Crippen molar-refractivity contribution in [3.63, 3.8) is 0 Å². The molecule has 0 aromatic heterocycles. The Balaban J connectivity index is 2.41. The molecule has 1 aromatic carbocycles. The summed E-state index contributed by atoms with van der Waals surface area (Å²) in [5.41, 5.74) is -3.97. The lowest BCUT2D eigenvalue weighted by atomic mass is 10.0. The number of methoxy groups -OCH3 is 2. The number of nitrogens with one attached hydrogen (secondary N) is 1. The molecule has 0 radical (unpaired) electrons. The Bertz CT molecular complexity index is 954. The highest BCUT2D eigenvalue weighted by Gasteiger charge is 2.39. The van der Waals surface area contributed by atoms with Crippen molar-refractivity contribution < 1.29 is 45.4 Å². The van der Waals surface area contributed by atoms with Gasteiger partial charge in [-0.25, -0.2) is 4.79 Å². The summed E-state index contributed by atoms with van der Waals surface area (Å²) in [6.07, 6.45) is -8.76. The number of amides is 1. The molecule has 1 N–H and O–H groups in total. The van der Waals surface area contributed by atoms with E-state index in [1.54, 1.807) is 0 Å². The normalized spacial score (nSPS) is 17.7. The van der Waals surface area contributed by atoms with E-state index < -0.39 is 46.7 Å². The number of hydrogen-bond donors (Lipinski definition) is 1. The second-order valence-electron chi connectivity index (χ2n) is 5.37. The lowest BCUT2D eigenvalue weighted by Gasteiger charge is -2.16. The summed E-state index contributed by atoms with van der Waals surface area (Å²) in [6.45, 7) is 0. The van der Waals surface area contributed by atoms with Crippen LogP contribution < -0.4 is 10.1 Å². The third-order valence-electron chi connectivity index (χ3n) is 3.43. The number of rotatable bonds is 4. The van der Waals surface area contributed by atoms with E-state index in [4.69, 9.17) is 0 Å². The van der Waals surface area contributed by atoms with Gasteiger partial charge in [0.1, 0.15) is 5.75 Å². The number of hydrogen-bond acceptors (Lipinski definition) is 7. The Kier molecular flexibility index (Phi) is 6.80. The monoisotopic (exact) mass is 455 g/mol. The summed E-state index contributed by atoms with van der Waals surface area (Å²) in [5, 5.41) is 8.92. The average Bonchev–Trinajstić information content (AvgIpc) is 2.98. The van der Waals surface area contributed by atoms with Gasteiger partial charge < -0.3 is 9.47 Å². The number of esters is 1. The van der Waals surface area contributed by atoms with Crippen LogP contribution in [0.2, 0.25) is 0 Å². The number of alkyl halides is 6. The van der Waals surface area contributed by atoms with Crippen LogP contribution in [-0.2, 0) is 26.7 Å². The maximum absolute atomic E-state index is 13.3. The molecule has 30 heavy (non-hydrogen) atoms. The quantitative estimate of drug-likeness (QED) is 0.247. The van der Waals surface area contributed by atoms with Crippen molar-refractivity contribution in [3.05, 3.63) is 39.8 Å². The van der Waals surface area contributed by atoms with Crippen LogP contribution in [0, 0.1) is 0 Å². The van der Waals surface area contributed by atoms with Crippen molar-refractivity contribution >= 4 is 35.0 Å². The Morgan fingerprint density at radius 1 is 1.13 bits per heavy atom. The van der Waals surface area contributed by atoms with Gasteiger partial charge in [0, 0.05) is 11.6 Å². The highest BCUT2D eigenvalue weighted by Crippen LogP contribution is 2.40. The second kappa shape index (κ2) is 8.77. The molecule has 0 spiro atoms. The summed E-state index contributed by atoms with van der Waals surface area (Å²) >= 11 is 0.657. The van der Waals surface area contributed by atoms with Gasteiger partial charge in [0.15, 0.2) is 5.17 Å². The minimum absolute atomic E-state index is 0.0691. The van der Waals surface area contributed by atoms with Crippen molar-refractivity contribution in [2.45, 2.75) is 12.4 Å². The average molecular weight is 455 g/mol. The van der Waals surface area contributed by atoms with Crippen LogP contribution in [0.1, 0.15) is 16.7 Å². The molecule has 2 rings (SSSR count). The van der Waals surface area contributed by atoms with E-state index in [-0.39, 0.29) is 16.1 Å². The third kappa shape index (κ3) is 5.52. The minimum Gasteiger partial charge on any atom is -0.496 e. The van der Waals surface area contributed by atoms with Crippen LogP contribution in [0.15, 0.2) is 33.3 Å². The first kappa shape index (κ1) is 23.3. The summed E-state index contributed by atoms with van der Waals surface area (Å²) in [5.74, 6) is -2.26. The van der Waals surface area contributed by atoms with E-state index in [0.29, 0.717) is 24.0 Å². The molecule has 1 amide bonds. The Morgan fingerprint density at radius 2 is 1.80 bits per heavy atom. The first-order valence-electron chi connectivity index (χ1n) is 7.63. The van der Waals surface area contributed by atoms with Crippen molar-refractivity contribution in [2.75, 3.05) is 14.2 Å². The molecule has 0 aliphatic carbocycles. The minimum atomic E-state index is -5.14. The van der Waals surface area contributed by atoms with Crippen LogP contribution in [0.4, 0.5) is 26.3 Å². The molecule has 0 unspecified atom stereocenters. The lowest BCUT2D eigenvalue weighted by Crippen LogP contribution is -2.19. The molecule has 7 nitrogen and oxygen atoms in total. The zero-order valence-electron chi connectivity index (χ0n) is 15.0. The zero-order valence-corrected chi connectivity index (χ0v) is 15.8. The summed E-state index contributed by atoms with van der Waals surface area (Å²) in [4.78, 5) is 22.7. The first-order chi connectivity index (χ1) is 13.9. The Labute approximate surface area is 168 Å². The predicted molar refractivity (Wildman–Crippen MR) is 93.9 cm³/mol. The zero-order chi connectivity index (χ0) is 22.7. The topological polar surface area (TPSA) is 89.3 Å². The fourth-order valence-corrected chi connectivity index (χ4v) is 2.85. The molecule has 1 heterocycles. The van der Waals surface area contributed by atoms with Gasteiger partial charge in [0.25, 0.3) is 5.91 Å². The van der Waals surface area contributed by atoms with Crippen molar-refractivity contribution in [2.24, 2.45) is 10.2 Å². The van der Waals surface area contributed by atoms with E-state index >= 15 is 0 Å². The maximum Gasteiger partial charge on any atom is 0.417 e. The standard InChI is InChI=1S/C16H11F6N3O4S/c1-28-10-4-7(15(17,18)19)3-9(16(20,21)22)8(10)6-23-25-14-24-13(27)11(30-14)5-12(26)29-2/h3-6H,1-2H3,(H,24,25,27)/b11-5+,23-6?. The van der Waals surface area contributed by atoms with Crippen LogP contribution in [0.5, 0.6) is 5.75 Å². The van der Waals surface area contributed by atoms with E-state index in [1.807, 2.05) is 0 Å². The number of thioether (sulfide) groups is 1. The van der Waals surface area contributed by atoms with E-state index in [0.717, 1.165) is 20.3 Å². The number of ether oxygens (including phenoxy) is 2. The van der Waals surface area contributed by atoms with Crippen LogP contribution >= 0.6 is 11.8 Å². The molecular weight excluding hydrogens is 444 g/mol. The summed E-state index contributed by atoms with van der Waals surface area (Å²) in [7, 11) is 1.99. The number of benzene rings is 1. The van der Waals surface area contributed by atoms with E-state index in [9.17, 15) is 35.9 Å². The largest absolute Gasteiger partial charge is 0.496 e. The summed E-state index contributed by atoms with van der Waals surface area (Å²) < 4.78 is 87.5. The number of nitrogens with zero attached hydrogens (tertiary/aromatic N) is 2. The third-order valence-corrected chi connectivity index (χ3v) is 4.33. The summed E-state index contributed by atoms with van der Waals surface area (Å²) in [6, 6.07) is 0.327. The second-order valence-corrected chi connectivity index (χ2v) is 6.40. The van der Waals surface area contributed by atoms with Gasteiger partial charge in [-0.15, -0.1) is 5.10 Å². The first-order valence-corrected chi connectivity index (χ1v) is 8.44. The predicted octanol–water partition coefficient (Wildman–Crippen LogP) is 3.34. The SMILES string of the molecule is COC(=O)/C=C1/S/C(=N\N=Cc2c(OC)cc(C(F)(F)F)cc2C(F)(F)F)NC1=O. The molecule has 1 fully saturated rings. The van der Waals surface area contributed by atoms with Gasteiger partial charge in [-0.3, -0.25) is 10.1 Å². The molecule has 1 aliphatic rings. The lowest BCUT2D eigenvalue weighted by molar-refractivity contribution is -0.143. The molecule has 162 valence electrons. The van der Waals surface area contributed by atoms with Crippen molar-refractivity contribution in [1.29, 1.82) is 0 Å². The Hall–Kier alpha value is -3.03. The van der Waals surface area contributed by atoms with Gasteiger partial charge in [0.05, 0.1) is 36.5 Å². The highest BCUT2D eigenvalue weighted by molar-refractivity contribution is 8.18. The van der Waals surface area contributed by atoms with Gasteiger partial charge in [-0.1, -0.05) is 0 Å². The number of carbonyl (C=O) groups excluding carboxylic acids is 2. The van der Waals surface area contributed by atoms with Crippen LogP contribution in [-0.4, -0.2) is 37.5 Å². The Morgan fingerprint density at radius 3 is 2.33 bits per heavy atom. The van der Waals surface area contributed by atoms with Gasteiger partial charge in [0.2, 0.25) is 0 Å². The van der Waals surface area contributed by atoms with Gasteiger partial charge >= 0.3 is 18.3 Å². The molecule has 1 saturated heterocycles. The maximum atomic E-state index is 13.3. The number of halogens is 6. The van der Waals surface area contributed by atoms with Gasteiger partial charge in [-0.2, -0.15) is 31.4 Å². The molecule has 14 heteroatoms. The van der Waals surface area contributed by atoms with Crippen molar-refractivity contribution in [3.8, 4) is 5.75 Å². The van der Waals surface area contributed by atoms with Crippen LogP contribution in [0.25, 0.3) is 0 Å². The highest BCUT2D eigenvalue weighted by atomic mass is 32.2. The molecule has 0 atom stereocenters. The smallest absolute Gasteiger partial charge is 0.417 e. The number of carbonyl (C=O) groups is 2. The molecule has 1 aliphatic heterocycles.